The number of nitrogens with one attached hydrogen (secondary N) is 4. The summed E-state index contributed by atoms with van der Waals surface area (Å²) in [6.07, 6.45) is 17.2. The zero-order valence-electron chi connectivity index (χ0n) is 79.0. The first-order valence-corrected chi connectivity index (χ1v) is 52.7. The minimum atomic E-state index is -4.15. The number of furan rings is 1. The molecular formula is C100H111Br2Cl8F4MgN13O15S4. The Hall–Kier alpha value is -7.47. The van der Waals surface area contributed by atoms with Gasteiger partial charge in [0.15, 0.2) is 17.3 Å². The first-order chi connectivity index (χ1) is 68.0. The van der Waals surface area contributed by atoms with Crippen LogP contribution in [0, 0.1) is 71.1 Å². The van der Waals surface area contributed by atoms with Gasteiger partial charge in [0.2, 0.25) is 23.1 Å². The van der Waals surface area contributed by atoms with E-state index in [1.165, 1.54) is 135 Å². The van der Waals surface area contributed by atoms with Gasteiger partial charge < -0.3 is 79.7 Å². The van der Waals surface area contributed by atoms with Gasteiger partial charge in [-0.15, -0.1) is 34.0 Å². The normalized spacial score (nSPS) is 19.4. The Bertz CT molecular complexity index is 6340. The number of nitrogens with two attached hydrogens (primary N) is 1. The summed E-state index contributed by atoms with van der Waals surface area (Å²) in [7, 11) is -4.15. The number of aromatic nitrogens is 8. The molecule has 8 heterocycles. The van der Waals surface area contributed by atoms with Gasteiger partial charge in [-0.05, 0) is 218 Å². The van der Waals surface area contributed by atoms with E-state index < -0.39 is 63.9 Å². The standard InChI is InChI=1S/C24H24Cl2FN3O2S.C23H22Cl2FN3O3S.C22H21Cl2FN4O7S.C18H20ClN3O2S.C6H3BrClF.C3H7.C2H6O.2CH4.BrH.Mg/c1-3-13-7-15(6-12(13)2)30-24-18(10-28-11-29-24)22(32)20-9-17(23(26)33-20)21(31)16-8-14(25)4-5-19(16)27;1-11-4-14(5-12(11)9-30)29-23-17(8-27-10-28-23)21(32)19-7-16(22(25)33-19)20(31)15-6-13(24)2-3-18(15)26;23-11-1-2-16(25)13(4-11)19(31)14-6-18(36-21(14)24)20(32)15-7-27-9-28-22(15)29-12-3-10(17(30)5-12)8-35-37(26,33)34;1-3-11-5-13(4-10(11)2)22-18-14(7-20-9-21-18)16(24)15-6-12(8-23)17(19)25-15;7-5-3-4(8)1-2-6(5)9;1-3-2;1-2-3;;;;/h4-5,8-13,15,21,31H,3,6-7H2,1-2H3,(H,28,29,30);2-3,6-8,10-12,14,20,30-31H,4-5,9H2,1H3,(H,27,28,29);1-2,4,6-7,9-10,12,17,19,30-31H,3,5,8H2,(H2,26,33,34)(H,27,28,29);6-11,13H,3-5H2,1-2H3,(H,20,21,22);1-3H;3H,1-2H3;3H,2H2,1H3;2*1H4;1H;/q;;;;;-1;;;;;+2/p-1/t12-,13-,15-,21?;11-,12+,14-,20?;10-,12-,17+,19?;10-,11-,13-;;;;;;;/m0010......./s1. The van der Waals surface area contributed by atoms with Crippen molar-refractivity contribution in [1.29, 1.82) is 0 Å². The topological polar surface area (TPSA) is 440 Å². The summed E-state index contributed by atoms with van der Waals surface area (Å²) in [5.74, 6) is 0.140. The number of aliphatic hydroxyl groups excluding tert-OH is 6. The van der Waals surface area contributed by atoms with Gasteiger partial charge in [0.05, 0.1) is 62.7 Å². The van der Waals surface area contributed by atoms with Gasteiger partial charge in [-0.1, -0.05) is 144 Å². The molecule has 4 saturated carbocycles. The van der Waals surface area contributed by atoms with Gasteiger partial charge >= 0.3 is 33.4 Å². The number of anilines is 4. The summed E-state index contributed by atoms with van der Waals surface area (Å²) in [6.45, 7) is 16.8. The molecule has 0 amide bonds. The average Bonchev–Trinajstić information content (AvgIpc) is 1.66. The number of benzene rings is 4. The van der Waals surface area contributed by atoms with Gasteiger partial charge in [-0.25, -0.2) is 62.6 Å². The molecule has 0 spiro atoms. The van der Waals surface area contributed by atoms with Gasteiger partial charge in [0.1, 0.15) is 94.5 Å². The average molecular weight is 2410 g/mol. The molecule has 4 aliphatic carbocycles. The number of nitrogens with zero attached hydrogens (tertiary/aromatic N) is 8. The quantitative estimate of drug-likeness (QED) is 0.00518. The molecule has 28 nitrogen and oxygen atoms in total. The van der Waals surface area contributed by atoms with Crippen LogP contribution in [0.25, 0.3) is 0 Å². The smallest absolute Gasteiger partial charge is 1.00 e. The molecule has 12 N–H and O–H groups in total. The Morgan fingerprint density at radius 3 is 1.14 bits per heavy atom. The molecule has 4 aromatic carbocycles. The number of carbonyl (C=O) groups is 5. The molecule has 0 saturated heterocycles. The van der Waals surface area contributed by atoms with Crippen LogP contribution in [0.1, 0.15) is 258 Å². The molecule has 0 radical (unpaired) electrons. The fourth-order valence-electron chi connectivity index (χ4n) is 16.8. The predicted octanol–water partition coefficient (Wildman–Crippen LogP) is 21.1. The Morgan fingerprint density at radius 1 is 0.497 bits per heavy atom. The molecule has 0 aliphatic heterocycles. The van der Waals surface area contributed by atoms with Crippen molar-refractivity contribution in [2.45, 2.75) is 183 Å². The summed E-state index contributed by atoms with van der Waals surface area (Å²) in [5, 5.41) is 78.5. The van der Waals surface area contributed by atoms with Crippen molar-refractivity contribution in [1.82, 2.24) is 39.9 Å². The number of aliphatic hydroxyl groups is 6. The monoisotopic (exact) mass is 2400 g/mol. The van der Waals surface area contributed by atoms with Gasteiger partial charge in [0.25, 0.3) is 0 Å². The van der Waals surface area contributed by atoms with Crippen LogP contribution < -0.4 is 43.4 Å². The molecule has 3 unspecified atom stereocenters. The number of aldehydes is 1. The number of rotatable bonds is 29. The summed E-state index contributed by atoms with van der Waals surface area (Å²) in [4.78, 5) is 97.4. The van der Waals surface area contributed by atoms with Crippen molar-refractivity contribution in [2.75, 3.05) is 41.1 Å². The third-order valence-electron chi connectivity index (χ3n) is 24.1. The van der Waals surface area contributed by atoms with E-state index in [2.05, 4.69) is 116 Å². The zero-order valence-corrected chi connectivity index (χ0v) is 92.9. The van der Waals surface area contributed by atoms with Crippen LogP contribution in [0.5, 0.6) is 0 Å². The maximum absolute atomic E-state index is 14.2. The molecule has 147 heavy (non-hydrogen) atoms. The first kappa shape index (κ1) is 128. The second-order valence-corrected chi connectivity index (χ2v) is 43.3. The van der Waals surface area contributed by atoms with E-state index >= 15 is 0 Å². The van der Waals surface area contributed by atoms with Crippen LogP contribution in [0.3, 0.4) is 0 Å². The van der Waals surface area contributed by atoms with Crippen molar-refractivity contribution < 1.29 is 106 Å². The Kier molecular flexibility index (Phi) is 53.0. The van der Waals surface area contributed by atoms with E-state index in [-0.39, 0.29) is 218 Å². The minimum absolute atomic E-state index is 0. The zero-order chi connectivity index (χ0) is 105. The van der Waals surface area contributed by atoms with Crippen LogP contribution in [0.2, 0.25) is 38.3 Å². The molecule has 790 valence electrons. The van der Waals surface area contributed by atoms with Crippen molar-refractivity contribution in [3.05, 3.63) is 301 Å². The molecule has 0 bridgehead atoms. The number of hydrogen-bond acceptors (Lipinski definition) is 30. The van der Waals surface area contributed by atoms with E-state index in [0.29, 0.717) is 106 Å². The number of ketones is 4. The molecular weight excluding hydrogens is 2300 g/mol. The summed E-state index contributed by atoms with van der Waals surface area (Å²) in [6, 6.07) is 21.6. The fraction of sp³-hybridized carbons (Fsp3) is 0.380. The summed E-state index contributed by atoms with van der Waals surface area (Å²) >= 11 is 54.2. The van der Waals surface area contributed by atoms with E-state index in [1.54, 1.807) is 6.92 Å². The maximum atomic E-state index is 14.2. The first-order valence-electron chi connectivity index (χ1n) is 44.9. The van der Waals surface area contributed by atoms with Crippen molar-refractivity contribution in [3.63, 3.8) is 0 Å². The predicted molar refractivity (Wildman–Crippen MR) is 573 cm³/mol. The fourth-order valence-corrected chi connectivity index (χ4v) is 22.4. The van der Waals surface area contributed by atoms with Gasteiger partial charge in [-0.2, -0.15) is 22.3 Å². The van der Waals surface area contributed by atoms with E-state index in [4.69, 9.17) is 107 Å². The van der Waals surface area contributed by atoms with Gasteiger partial charge in [0, 0.05) is 127 Å². The van der Waals surface area contributed by atoms with Crippen LogP contribution >= 0.6 is 143 Å². The van der Waals surface area contributed by atoms with Crippen molar-refractivity contribution in [3.8, 4) is 0 Å². The molecule has 16 rings (SSSR count). The van der Waals surface area contributed by atoms with Crippen LogP contribution in [0.4, 0.5) is 40.8 Å². The van der Waals surface area contributed by atoms with E-state index in [0.717, 1.165) is 97.5 Å². The van der Waals surface area contributed by atoms with Crippen molar-refractivity contribution in [2.24, 2.45) is 46.6 Å². The second kappa shape index (κ2) is 60.8. The third kappa shape index (κ3) is 35.3. The Morgan fingerprint density at radius 2 is 0.816 bits per heavy atom. The van der Waals surface area contributed by atoms with E-state index in [1.807, 2.05) is 20.3 Å². The van der Waals surface area contributed by atoms with Crippen LogP contribution in [0.15, 0.2) is 156 Å². The van der Waals surface area contributed by atoms with E-state index in [9.17, 15) is 75.5 Å². The van der Waals surface area contributed by atoms with Crippen LogP contribution in [-0.4, -0.2) is 181 Å². The number of thiophene rings is 3. The number of halogens is 14. The van der Waals surface area contributed by atoms with Crippen LogP contribution in [-0.2, 0) is 14.5 Å². The largest absolute Gasteiger partial charge is 2.00 e. The summed E-state index contributed by atoms with van der Waals surface area (Å²) < 4.78 is 88.2. The molecule has 4 fully saturated rings. The maximum Gasteiger partial charge on any atom is 2.00 e. The second-order valence-electron chi connectivity index (χ2n) is 34.2. The molecule has 8 aromatic heterocycles. The molecule has 4 aliphatic rings. The Labute approximate surface area is 938 Å². The van der Waals surface area contributed by atoms with Gasteiger partial charge in [-0.3, -0.25) is 28.2 Å². The third-order valence-corrected chi connectivity index (χ3v) is 30.6. The number of hydrogen-bond donors (Lipinski definition) is 11. The Balaban J connectivity index is 0.000000284. The molecule has 12 aromatic rings. The number of carbonyl (C=O) groups excluding carboxylic acids is 5. The molecule has 47 heteroatoms. The summed E-state index contributed by atoms with van der Waals surface area (Å²) in [5.41, 5.74) is 1.57. The molecule has 15 atom stereocenters. The van der Waals surface area contributed by atoms with Crippen molar-refractivity contribution >= 4 is 229 Å². The SMILES string of the molecule is C.C.CCO.CC[C@H]1C[C@@H](Nc2ncncc2C(=O)c2cc(C(O)c3cc(Cl)ccc3F)c(Cl)s2)C[C@@H]1C.CC[C@H]1C[C@@H](Nc2ncncc2C(=O)c2cc(C=O)c(Cl)s2)C[C@@H]1C.C[C@H]1C[C@H](Nc2ncncc2C(=O)c2cc(C(O)c3cc(Cl)ccc3F)c(Cl)s2)C[C@@H]1CO.C[CH-]C.Fc1ccc(Cl)cc1Br.NS(=O)(=O)OC[C@H]1C[C@@H](Nc2ncncc2C(=O)c2cc(C(O)c3cc(Cl)ccc3F)c(Cl)o2)C[C@@H]1O.[Br-].[Mg+2]. The minimum Gasteiger partial charge on any atom is -1.00 e.